The van der Waals surface area contributed by atoms with Crippen LogP contribution in [0.2, 0.25) is 0 Å². The number of nitrogens with one attached hydrogen (secondary N) is 1. The molecular weight excluding hydrogens is 226 g/mol. The summed E-state index contributed by atoms with van der Waals surface area (Å²) in [5.74, 6) is 0. The van der Waals surface area contributed by atoms with E-state index in [2.05, 4.69) is 33.0 Å². The van der Waals surface area contributed by atoms with E-state index in [0.717, 1.165) is 39.2 Å². The summed E-state index contributed by atoms with van der Waals surface area (Å²) in [6, 6.07) is 0.522. The molecule has 0 aliphatic heterocycles. The summed E-state index contributed by atoms with van der Waals surface area (Å²) < 4.78 is 11.5. The Hall–Kier alpha value is -0.120. The average Bonchev–Trinajstić information content (AvgIpc) is 2.32. The molecule has 2 atom stereocenters. The smallest absolute Gasteiger partial charge is 0.0734 e. The highest BCUT2D eigenvalue weighted by Gasteiger charge is 2.34. The highest BCUT2D eigenvalue weighted by atomic mass is 16.5. The molecule has 3 heteroatoms. The van der Waals surface area contributed by atoms with Crippen molar-refractivity contribution in [1.82, 2.24) is 5.32 Å². The van der Waals surface area contributed by atoms with Gasteiger partial charge in [-0.1, -0.05) is 27.7 Å². The number of rotatable bonds is 8. The fourth-order valence-electron chi connectivity index (χ4n) is 2.70. The van der Waals surface area contributed by atoms with Crippen LogP contribution in [0.5, 0.6) is 0 Å². The van der Waals surface area contributed by atoms with Crippen LogP contribution >= 0.6 is 0 Å². The van der Waals surface area contributed by atoms with Gasteiger partial charge in [0.15, 0.2) is 0 Å². The molecule has 1 saturated carbocycles. The van der Waals surface area contributed by atoms with Crippen molar-refractivity contribution in [3.63, 3.8) is 0 Å². The normalized spacial score (nSPS) is 27.3. The zero-order valence-electron chi connectivity index (χ0n) is 12.6. The second kappa shape index (κ2) is 8.13. The van der Waals surface area contributed by atoms with Crippen molar-refractivity contribution in [3.05, 3.63) is 0 Å². The molecule has 1 N–H and O–H groups in total. The van der Waals surface area contributed by atoms with Gasteiger partial charge in [-0.3, -0.25) is 0 Å². The van der Waals surface area contributed by atoms with Crippen LogP contribution in [-0.2, 0) is 9.47 Å². The van der Waals surface area contributed by atoms with Crippen LogP contribution in [0.3, 0.4) is 0 Å². The Kier molecular flexibility index (Phi) is 7.20. The van der Waals surface area contributed by atoms with Gasteiger partial charge in [0.25, 0.3) is 0 Å². The van der Waals surface area contributed by atoms with Crippen molar-refractivity contribution in [3.8, 4) is 0 Å². The fraction of sp³-hybridized carbons (Fsp3) is 1.00. The molecule has 108 valence electrons. The average molecular weight is 257 g/mol. The van der Waals surface area contributed by atoms with E-state index in [0.29, 0.717) is 17.6 Å². The SMILES string of the molecule is CCCOCCOC1CC(C)(C)CCC1NCC. The Morgan fingerprint density at radius 1 is 1.17 bits per heavy atom. The van der Waals surface area contributed by atoms with E-state index in [-0.39, 0.29) is 0 Å². The lowest BCUT2D eigenvalue weighted by atomic mass is 9.74. The van der Waals surface area contributed by atoms with Gasteiger partial charge in [0.1, 0.15) is 0 Å². The van der Waals surface area contributed by atoms with Gasteiger partial charge in [0.05, 0.1) is 19.3 Å². The van der Waals surface area contributed by atoms with Crippen molar-refractivity contribution >= 4 is 0 Å². The van der Waals surface area contributed by atoms with Gasteiger partial charge in [-0.25, -0.2) is 0 Å². The Labute approximate surface area is 113 Å². The third kappa shape index (κ3) is 5.68. The Morgan fingerprint density at radius 2 is 1.94 bits per heavy atom. The molecule has 1 rings (SSSR count). The largest absolute Gasteiger partial charge is 0.379 e. The fourth-order valence-corrected chi connectivity index (χ4v) is 2.70. The van der Waals surface area contributed by atoms with Gasteiger partial charge in [0.2, 0.25) is 0 Å². The van der Waals surface area contributed by atoms with E-state index in [1.54, 1.807) is 0 Å². The lowest BCUT2D eigenvalue weighted by Gasteiger charge is -2.40. The van der Waals surface area contributed by atoms with Gasteiger partial charge in [-0.05, 0) is 37.6 Å². The van der Waals surface area contributed by atoms with E-state index in [1.807, 2.05) is 0 Å². The van der Waals surface area contributed by atoms with Gasteiger partial charge in [-0.15, -0.1) is 0 Å². The Morgan fingerprint density at radius 3 is 2.61 bits per heavy atom. The summed E-state index contributed by atoms with van der Waals surface area (Å²) >= 11 is 0. The first kappa shape index (κ1) is 15.9. The molecule has 2 unspecified atom stereocenters. The molecule has 0 radical (unpaired) electrons. The minimum absolute atomic E-state index is 0.346. The van der Waals surface area contributed by atoms with Crippen LogP contribution in [-0.4, -0.2) is 38.5 Å². The zero-order chi connectivity index (χ0) is 13.4. The molecule has 1 aliphatic carbocycles. The van der Waals surface area contributed by atoms with Gasteiger partial charge >= 0.3 is 0 Å². The Bertz CT molecular complexity index is 219. The molecule has 0 amide bonds. The Balaban J connectivity index is 2.31. The number of hydrogen-bond donors (Lipinski definition) is 1. The molecule has 1 fully saturated rings. The van der Waals surface area contributed by atoms with Gasteiger partial charge in [-0.2, -0.15) is 0 Å². The molecule has 3 nitrogen and oxygen atoms in total. The first-order chi connectivity index (χ1) is 8.59. The lowest BCUT2D eigenvalue weighted by molar-refractivity contribution is -0.0488. The molecule has 0 saturated heterocycles. The molecule has 0 aromatic carbocycles. The predicted octanol–water partition coefficient (Wildman–Crippen LogP) is 2.99. The predicted molar refractivity (Wildman–Crippen MR) is 75.9 cm³/mol. The highest BCUT2D eigenvalue weighted by Crippen LogP contribution is 2.36. The van der Waals surface area contributed by atoms with Crippen molar-refractivity contribution in [2.24, 2.45) is 5.41 Å². The number of hydrogen-bond acceptors (Lipinski definition) is 3. The van der Waals surface area contributed by atoms with E-state index in [9.17, 15) is 0 Å². The van der Waals surface area contributed by atoms with E-state index >= 15 is 0 Å². The number of likely N-dealkylation sites (N-methyl/N-ethyl adjacent to an activating group) is 1. The van der Waals surface area contributed by atoms with E-state index in [1.165, 1.54) is 12.8 Å². The second-order valence-corrected chi connectivity index (χ2v) is 6.09. The first-order valence-corrected chi connectivity index (χ1v) is 7.52. The van der Waals surface area contributed by atoms with Crippen molar-refractivity contribution in [2.45, 2.75) is 65.5 Å². The maximum absolute atomic E-state index is 6.04. The van der Waals surface area contributed by atoms with Crippen LogP contribution in [0, 0.1) is 5.41 Å². The molecule has 1 aliphatic rings. The minimum Gasteiger partial charge on any atom is -0.379 e. The van der Waals surface area contributed by atoms with E-state index in [4.69, 9.17) is 9.47 Å². The molecular formula is C15H31NO2. The van der Waals surface area contributed by atoms with E-state index < -0.39 is 0 Å². The van der Waals surface area contributed by atoms with Gasteiger partial charge < -0.3 is 14.8 Å². The van der Waals surface area contributed by atoms with Crippen LogP contribution in [0.15, 0.2) is 0 Å². The summed E-state index contributed by atoms with van der Waals surface area (Å²) in [5.41, 5.74) is 0.418. The standard InChI is InChI=1S/C15H31NO2/c1-5-9-17-10-11-18-14-12-15(3,4)8-7-13(14)16-6-2/h13-14,16H,5-12H2,1-4H3. The summed E-state index contributed by atoms with van der Waals surface area (Å²) in [5, 5.41) is 3.56. The lowest BCUT2D eigenvalue weighted by Crippen LogP contribution is -2.47. The zero-order valence-corrected chi connectivity index (χ0v) is 12.6. The third-order valence-electron chi connectivity index (χ3n) is 3.71. The first-order valence-electron chi connectivity index (χ1n) is 7.52. The number of ether oxygens (including phenoxy) is 2. The topological polar surface area (TPSA) is 30.5 Å². The molecule has 18 heavy (non-hydrogen) atoms. The maximum atomic E-state index is 6.04. The monoisotopic (exact) mass is 257 g/mol. The quantitative estimate of drug-likeness (QED) is 0.678. The maximum Gasteiger partial charge on any atom is 0.0734 e. The highest BCUT2D eigenvalue weighted by molar-refractivity contribution is 4.89. The minimum atomic E-state index is 0.346. The van der Waals surface area contributed by atoms with Crippen LogP contribution < -0.4 is 5.32 Å². The summed E-state index contributed by atoms with van der Waals surface area (Å²) in [4.78, 5) is 0. The van der Waals surface area contributed by atoms with Crippen molar-refractivity contribution in [2.75, 3.05) is 26.4 Å². The van der Waals surface area contributed by atoms with Crippen LogP contribution in [0.25, 0.3) is 0 Å². The molecule has 0 bridgehead atoms. The summed E-state index contributed by atoms with van der Waals surface area (Å²) in [7, 11) is 0. The second-order valence-electron chi connectivity index (χ2n) is 6.09. The summed E-state index contributed by atoms with van der Waals surface area (Å²) in [6.45, 7) is 12.3. The molecule has 0 aromatic rings. The summed E-state index contributed by atoms with van der Waals surface area (Å²) in [6.07, 6.45) is 5.09. The molecule has 0 spiro atoms. The third-order valence-corrected chi connectivity index (χ3v) is 3.71. The molecule has 0 heterocycles. The molecule has 0 aromatic heterocycles. The van der Waals surface area contributed by atoms with Gasteiger partial charge in [0, 0.05) is 12.6 Å². The van der Waals surface area contributed by atoms with Crippen molar-refractivity contribution in [1.29, 1.82) is 0 Å². The van der Waals surface area contributed by atoms with Crippen LogP contribution in [0.1, 0.15) is 53.4 Å². The van der Waals surface area contributed by atoms with Crippen LogP contribution in [0.4, 0.5) is 0 Å². The van der Waals surface area contributed by atoms with Crippen molar-refractivity contribution < 1.29 is 9.47 Å².